The number of aryl methyl sites for hydroxylation is 1. The van der Waals surface area contributed by atoms with E-state index in [0.717, 1.165) is 10.4 Å². The van der Waals surface area contributed by atoms with Crippen LogP contribution in [0.5, 0.6) is 0 Å². The van der Waals surface area contributed by atoms with E-state index in [1.165, 1.54) is 9.78 Å². The first-order valence-corrected chi connectivity index (χ1v) is 8.25. The molecule has 5 nitrogen and oxygen atoms in total. The van der Waals surface area contributed by atoms with Crippen LogP contribution in [0.4, 0.5) is 4.79 Å². The summed E-state index contributed by atoms with van der Waals surface area (Å²) in [5.41, 5.74) is 1.02. The van der Waals surface area contributed by atoms with Gasteiger partial charge in [0.2, 0.25) is 5.91 Å². The summed E-state index contributed by atoms with van der Waals surface area (Å²) in [6, 6.07) is 13.1. The lowest BCUT2D eigenvalue weighted by Crippen LogP contribution is -2.45. The highest BCUT2D eigenvalue weighted by atomic mass is 32.1. The first kappa shape index (κ1) is 15.6. The van der Waals surface area contributed by atoms with E-state index in [9.17, 15) is 9.59 Å². The number of cyclic esters (lactones) is 1. The summed E-state index contributed by atoms with van der Waals surface area (Å²) in [6.45, 7) is 2.96. The number of ether oxygens (including phenoxy) is 1. The van der Waals surface area contributed by atoms with E-state index < -0.39 is 12.1 Å². The highest BCUT2D eigenvalue weighted by Crippen LogP contribution is 2.22. The van der Waals surface area contributed by atoms with Crippen LogP contribution in [-0.4, -0.2) is 29.5 Å². The van der Waals surface area contributed by atoms with Crippen molar-refractivity contribution in [1.29, 1.82) is 0 Å². The Morgan fingerprint density at radius 3 is 2.78 bits per heavy atom. The Morgan fingerprint density at radius 1 is 1.30 bits per heavy atom. The Balaban J connectivity index is 1.62. The molecule has 0 spiro atoms. The molecule has 2 amide bonds. The normalized spacial score (nSPS) is 17.2. The van der Waals surface area contributed by atoms with Gasteiger partial charge in [0.15, 0.2) is 0 Å². The minimum Gasteiger partial charge on any atom is -0.447 e. The Morgan fingerprint density at radius 2 is 2.09 bits per heavy atom. The zero-order valence-electron chi connectivity index (χ0n) is 12.8. The second kappa shape index (κ2) is 6.83. The average Bonchev–Trinajstić information content (AvgIpc) is 3.13. The number of hydrogen-bond donors (Lipinski definition) is 1. The van der Waals surface area contributed by atoms with Crippen LogP contribution < -0.4 is 5.32 Å². The van der Waals surface area contributed by atoms with E-state index in [0.29, 0.717) is 13.1 Å². The molecular weight excluding hydrogens is 312 g/mol. The van der Waals surface area contributed by atoms with E-state index in [4.69, 9.17) is 4.74 Å². The number of carbonyl (C=O) groups is 2. The molecule has 1 fully saturated rings. The summed E-state index contributed by atoms with van der Waals surface area (Å²) in [5, 5.41) is 2.87. The molecule has 3 rings (SSSR count). The molecule has 2 aromatic rings. The molecule has 0 bridgehead atoms. The molecule has 0 radical (unpaired) electrons. The van der Waals surface area contributed by atoms with Crippen molar-refractivity contribution in [2.45, 2.75) is 26.1 Å². The van der Waals surface area contributed by atoms with Crippen molar-refractivity contribution in [3.05, 3.63) is 57.8 Å². The second-order valence-electron chi connectivity index (χ2n) is 5.44. The van der Waals surface area contributed by atoms with Gasteiger partial charge in [0.25, 0.3) is 0 Å². The van der Waals surface area contributed by atoms with Crippen molar-refractivity contribution in [3.63, 3.8) is 0 Å². The van der Waals surface area contributed by atoms with Gasteiger partial charge in [0.1, 0.15) is 12.6 Å². The van der Waals surface area contributed by atoms with E-state index in [1.54, 1.807) is 11.3 Å². The minimum atomic E-state index is -0.575. The molecule has 1 aliphatic heterocycles. The molecule has 1 aliphatic rings. The van der Waals surface area contributed by atoms with Gasteiger partial charge in [-0.2, -0.15) is 0 Å². The second-order valence-corrected chi connectivity index (χ2v) is 6.81. The standard InChI is InChI=1S/C17H18N2O3S/c1-12-7-8-14(23-12)10-19-15(11-22-17(19)21)16(20)18-9-13-5-3-2-4-6-13/h2-8,15H,9-11H2,1H3,(H,18,20)/t15-/m0/s1. The molecule has 120 valence electrons. The minimum absolute atomic E-state index is 0.101. The topological polar surface area (TPSA) is 58.6 Å². The Kier molecular flexibility index (Phi) is 4.62. The van der Waals surface area contributed by atoms with Gasteiger partial charge in [-0.3, -0.25) is 9.69 Å². The molecule has 23 heavy (non-hydrogen) atoms. The molecule has 1 saturated heterocycles. The molecule has 6 heteroatoms. The van der Waals surface area contributed by atoms with Gasteiger partial charge in [-0.25, -0.2) is 4.79 Å². The quantitative estimate of drug-likeness (QED) is 0.917. The first-order chi connectivity index (χ1) is 11.1. The first-order valence-electron chi connectivity index (χ1n) is 7.44. The van der Waals surface area contributed by atoms with Crippen LogP contribution in [0.25, 0.3) is 0 Å². The number of nitrogens with zero attached hydrogens (tertiary/aromatic N) is 1. The van der Waals surface area contributed by atoms with Gasteiger partial charge in [-0.05, 0) is 24.6 Å². The third-order valence-electron chi connectivity index (χ3n) is 3.71. The summed E-state index contributed by atoms with van der Waals surface area (Å²) in [5.74, 6) is -0.187. The van der Waals surface area contributed by atoms with E-state index in [1.807, 2.05) is 49.4 Å². The number of amides is 2. The SMILES string of the molecule is Cc1ccc(CN2C(=O)OC[C@H]2C(=O)NCc2ccccc2)s1. The molecule has 0 saturated carbocycles. The molecule has 1 atom stereocenters. The summed E-state index contributed by atoms with van der Waals surface area (Å²) in [4.78, 5) is 28.0. The lowest BCUT2D eigenvalue weighted by Gasteiger charge is -2.20. The highest BCUT2D eigenvalue weighted by Gasteiger charge is 2.38. The van der Waals surface area contributed by atoms with E-state index in [2.05, 4.69) is 5.32 Å². The lowest BCUT2D eigenvalue weighted by molar-refractivity contribution is -0.125. The number of benzene rings is 1. The summed E-state index contributed by atoms with van der Waals surface area (Å²) < 4.78 is 5.06. The van der Waals surface area contributed by atoms with Crippen molar-refractivity contribution < 1.29 is 14.3 Å². The predicted octanol–water partition coefficient (Wildman–Crippen LogP) is 2.69. The van der Waals surface area contributed by atoms with Crippen LogP contribution in [0.3, 0.4) is 0 Å². The molecule has 0 aliphatic carbocycles. The fraction of sp³-hybridized carbons (Fsp3) is 0.294. The smallest absolute Gasteiger partial charge is 0.410 e. The van der Waals surface area contributed by atoms with E-state index in [-0.39, 0.29) is 12.5 Å². The number of thiophene rings is 1. The number of hydrogen-bond acceptors (Lipinski definition) is 4. The third kappa shape index (κ3) is 3.71. The fourth-order valence-electron chi connectivity index (χ4n) is 2.48. The van der Waals surface area contributed by atoms with Crippen LogP contribution in [0.2, 0.25) is 0 Å². The lowest BCUT2D eigenvalue weighted by atomic mass is 10.2. The van der Waals surface area contributed by atoms with Crippen LogP contribution in [-0.2, 0) is 22.6 Å². The maximum Gasteiger partial charge on any atom is 0.410 e. The van der Waals surface area contributed by atoms with Gasteiger partial charge in [0.05, 0.1) is 6.54 Å². The van der Waals surface area contributed by atoms with Crippen molar-refractivity contribution >= 4 is 23.3 Å². The zero-order valence-corrected chi connectivity index (χ0v) is 13.6. The highest BCUT2D eigenvalue weighted by molar-refractivity contribution is 7.11. The number of rotatable bonds is 5. The Labute approximate surface area is 138 Å². The third-order valence-corrected chi connectivity index (χ3v) is 4.70. The fourth-order valence-corrected chi connectivity index (χ4v) is 3.37. The monoisotopic (exact) mass is 330 g/mol. The van der Waals surface area contributed by atoms with Crippen molar-refractivity contribution in [1.82, 2.24) is 10.2 Å². The number of nitrogens with one attached hydrogen (secondary N) is 1. The van der Waals surface area contributed by atoms with E-state index >= 15 is 0 Å². The summed E-state index contributed by atoms with van der Waals surface area (Å²) >= 11 is 1.62. The van der Waals surface area contributed by atoms with Crippen LogP contribution >= 0.6 is 11.3 Å². The van der Waals surface area contributed by atoms with Crippen molar-refractivity contribution in [3.8, 4) is 0 Å². The maximum atomic E-state index is 12.4. The van der Waals surface area contributed by atoms with Crippen LogP contribution in [0.15, 0.2) is 42.5 Å². The van der Waals surface area contributed by atoms with Crippen molar-refractivity contribution in [2.24, 2.45) is 0 Å². The predicted molar refractivity (Wildman–Crippen MR) is 88.0 cm³/mol. The zero-order chi connectivity index (χ0) is 16.2. The number of carbonyl (C=O) groups excluding carboxylic acids is 2. The Bertz CT molecular complexity index is 699. The largest absolute Gasteiger partial charge is 0.447 e. The Hall–Kier alpha value is -2.34. The van der Waals surface area contributed by atoms with Gasteiger partial charge >= 0.3 is 6.09 Å². The molecule has 1 aromatic heterocycles. The van der Waals surface area contributed by atoms with Crippen LogP contribution in [0, 0.1) is 6.92 Å². The van der Waals surface area contributed by atoms with Crippen LogP contribution in [0.1, 0.15) is 15.3 Å². The summed E-state index contributed by atoms with van der Waals surface area (Å²) in [7, 11) is 0. The van der Waals surface area contributed by atoms with Gasteiger partial charge in [0, 0.05) is 16.3 Å². The average molecular weight is 330 g/mol. The maximum absolute atomic E-state index is 12.4. The molecule has 2 heterocycles. The molecule has 1 aromatic carbocycles. The molecular formula is C17H18N2O3S. The van der Waals surface area contributed by atoms with Gasteiger partial charge in [-0.15, -0.1) is 11.3 Å². The molecule has 1 N–H and O–H groups in total. The van der Waals surface area contributed by atoms with Gasteiger partial charge < -0.3 is 10.1 Å². The van der Waals surface area contributed by atoms with Crippen molar-refractivity contribution in [2.75, 3.05) is 6.61 Å². The van der Waals surface area contributed by atoms with Gasteiger partial charge in [-0.1, -0.05) is 30.3 Å². The summed E-state index contributed by atoms with van der Waals surface area (Å²) in [6.07, 6.45) is -0.434. The molecule has 0 unspecified atom stereocenters.